The number of alkyl halides is 3. The van der Waals surface area contributed by atoms with Crippen LogP contribution in [0.1, 0.15) is 5.56 Å². The molecule has 1 aromatic heterocycles. The fourth-order valence-corrected chi connectivity index (χ4v) is 2.27. The van der Waals surface area contributed by atoms with E-state index in [0.29, 0.717) is 0 Å². The average Bonchev–Trinajstić information content (AvgIpc) is 2.70. The first-order valence-electron chi connectivity index (χ1n) is 5.20. The molecule has 0 atom stereocenters. The van der Waals surface area contributed by atoms with E-state index < -0.39 is 26.9 Å². The van der Waals surface area contributed by atoms with Gasteiger partial charge in [0.25, 0.3) is 15.2 Å². The summed E-state index contributed by atoms with van der Waals surface area (Å²) in [6.45, 7) is 0. The maximum atomic E-state index is 12.6. The molecule has 0 bridgehead atoms. The Morgan fingerprint density at radius 2 is 1.90 bits per heavy atom. The van der Waals surface area contributed by atoms with Crippen molar-refractivity contribution in [3.05, 3.63) is 29.8 Å². The number of primary sulfonamides is 1. The minimum atomic E-state index is -4.50. The highest BCUT2D eigenvalue weighted by Crippen LogP contribution is 2.31. The summed E-state index contributed by atoms with van der Waals surface area (Å²) in [6.07, 6.45) is -4.50. The van der Waals surface area contributed by atoms with Gasteiger partial charge in [-0.2, -0.15) is 13.2 Å². The normalized spacial score (nSPS) is 12.7. The number of nitrogens with zero attached hydrogens (tertiary/aromatic N) is 3. The molecule has 2 aromatic rings. The smallest absolute Gasteiger partial charge is 0.300 e. The molecule has 0 aliphatic heterocycles. The number of aromatic nitrogens is 3. The minimum absolute atomic E-state index is 0.0277. The van der Waals surface area contributed by atoms with Gasteiger partial charge in [0.1, 0.15) is 0 Å². The maximum Gasteiger partial charge on any atom is 0.416 e. The third-order valence-electron chi connectivity index (χ3n) is 2.54. The van der Waals surface area contributed by atoms with E-state index in [2.05, 4.69) is 10.2 Å². The van der Waals surface area contributed by atoms with Gasteiger partial charge < -0.3 is 0 Å². The summed E-state index contributed by atoms with van der Waals surface area (Å²) in [4.78, 5) is 0. The second-order valence-corrected chi connectivity index (χ2v) is 5.44. The number of nitrogens with two attached hydrogens (primary N) is 1. The molecule has 0 fully saturated rings. The Kier molecular flexibility index (Phi) is 3.30. The summed E-state index contributed by atoms with van der Waals surface area (Å²) in [7, 11) is -2.79. The summed E-state index contributed by atoms with van der Waals surface area (Å²) in [5.41, 5.74) is -0.778. The Balaban J connectivity index is 2.57. The highest BCUT2D eigenvalue weighted by atomic mass is 32.2. The van der Waals surface area contributed by atoms with E-state index in [-0.39, 0.29) is 11.4 Å². The van der Waals surface area contributed by atoms with Gasteiger partial charge in [-0.05, 0) is 12.1 Å². The van der Waals surface area contributed by atoms with E-state index in [1.54, 1.807) is 0 Å². The molecule has 108 valence electrons. The van der Waals surface area contributed by atoms with Crippen LogP contribution >= 0.6 is 0 Å². The summed E-state index contributed by atoms with van der Waals surface area (Å²) < 4.78 is 61.3. The predicted octanol–water partition coefficient (Wildman–Crippen LogP) is 1.15. The lowest BCUT2D eigenvalue weighted by Gasteiger charge is -2.08. The molecule has 2 rings (SSSR count). The number of rotatable bonds is 2. The molecule has 6 nitrogen and oxygen atoms in total. The highest BCUT2D eigenvalue weighted by Gasteiger charge is 2.31. The van der Waals surface area contributed by atoms with Gasteiger partial charge in [0.15, 0.2) is 5.82 Å². The van der Waals surface area contributed by atoms with Gasteiger partial charge >= 0.3 is 6.18 Å². The van der Waals surface area contributed by atoms with E-state index in [9.17, 15) is 21.6 Å². The summed E-state index contributed by atoms with van der Waals surface area (Å²) in [5.74, 6) is -0.0277. The number of benzene rings is 1. The molecule has 2 N–H and O–H groups in total. The van der Waals surface area contributed by atoms with E-state index >= 15 is 0 Å². The van der Waals surface area contributed by atoms with Gasteiger partial charge in [0.05, 0.1) is 5.56 Å². The molecule has 0 spiro atoms. The van der Waals surface area contributed by atoms with E-state index in [4.69, 9.17) is 5.14 Å². The van der Waals surface area contributed by atoms with Crippen LogP contribution in [-0.4, -0.2) is 23.2 Å². The van der Waals surface area contributed by atoms with Gasteiger partial charge in [-0.1, -0.05) is 12.1 Å². The largest absolute Gasteiger partial charge is 0.416 e. The Morgan fingerprint density at radius 1 is 1.25 bits per heavy atom. The molecular formula is C10H9F3N4O2S. The quantitative estimate of drug-likeness (QED) is 0.901. The van der Waals surface area contributed by atoms with Crippen molar-refractivity contribution in [3.63, 3.8) is 0 Å². The van der Waals surface area contributed by atoms with Gasteiger partial charge in [0, 0.05) is 12.6 Å². The number of sulfonamides is 1. The lowest BCUT2D eigenvalue weighted by molar-refractivity contribution is -0.137. The van der Waals surface area contributed by atoms with Crippen molar-refractivity contribution in [1.29, 1.82) is 0 Å². The van der Waals surface area contributed by atoms with Crippen molar-refractivity contribution >= 4 is 10.0 Å². The van der Waals surface area contributed by atoms with E-state index in [0.717, 1.165) is 16.7 Å². The van der Waals surface area contributed by atoms with Crippen molar-refractivity contribution in [3.8, 4) is 11.4 Å². The first-order valence-corrected chi connectivity index (χ1v) is 6.75. The zero-order valence-electron chi connectivity index (χ0n) is 10.1. The molecule has 0 radical (unpaired) electrons. The molecule has 0 aliphatic carbocycles. The first kappa shape index (κ1) is 14.5. The maximum absolute atomic E-state index is 12.6. The van der Waals surface area contributed by atoms with Crippen LogP contribution in [0.2, 0.25) is 0 Å². The molecule has 1 heterocycles. The lowest BCUT2D eigenvalue weighted by Crippen LogP contribution is -2.17. The number of halogens is 3. The van der Waals surface area contributed by atoms with Crippen LogP contribution in [-0.2, 0) is 23.2 Å². The van der Waals surface area contributed by atoms with E-state index in [1.807, 2.05) is 0 Å². The number of hydrogen-bond donors (Lipinski definition) is 1. The molecule has 1 aromatic carbocycles. The van der Waals surface area contributed by atoms with Crippen LogP contribution in [0.4, 0.5) is 13.2 Å². The molecule has 0 saturated carbocycles. The molecular weight excluding hydrogens is 297 g/mol. The lowest BCUT2D eigenvalue weighted by atomic mass is 10.1. The fraction of sp³-hybridized carbons (Fsp3) is 0.200. The molecule has 0 aliphatic rings. The van der Waals surface area contributed by atoms with Crippen molar-refractivity contribution in [1.82, 2.24) is 14.8 Å². The predicted molar refractivity (Wildman–Crippen MR) is 62.8 cm³/mol. The van der Waals surface area contributed by atoms with Gasteiger partial charge in [-0.25, -0.2) is 13.6 Å². The van der Waals surface area contributed by atoms with Crippen LogP contribution in [0.15, 0.2) is 29.4 Å². The summed E-state index contributed by atoms with van der Waals surface area (Å²) in [5, 5.41) is 11.3. The monoisotopic (exact) mass is 306 g/mol. The third-order valence-corrected chi connectivity index (χ3v) is 3.40. The zero-order chi connectivity index (χ0) is 15.1. The van der Waals surface area contributed by atoms with Gasteiger partial charge in [0.2, 0.25) is 0 Å². The standard InChI is InChI=1S/C10H9F3N4O2S/c1-17-8(15-16-9(17)20(14,18)19)6-3-2-4-7(5-6)10(11,12)13/h2-5H,1H3,(H2,14,18,19). The Hall–Kier alpha value is -1.94. The van der Waals surface area contributed by atoms with Crippen LogP contribution in [0.25, 0.3) is 11.4 Å². The van der Waals surface area contributed by atoms with Crippen molar-refractivity contribution in [2.24, 2.45) is 12.2 Å². The van der Waals surface area contributed by atoms with Crippen LogP contribution < -0.4 is 5.14 Å². The van der Waals surface area contributed by atoms with Crippen molar-refractivity contribution < 1.29 is 21.6 Å². The summed E-state index contributed by atoms with van der Waals surface area (Å²) >= 11 is 0. The van der Waals surface area contributed by atoms with E-state index in [1.165, 1.54) is 19.2 Å². The SMILES string of the molecule is Cn1c(-c2cccc(C(F)(F)F)c2)nnc1S(N)(=O)=O. The van der Waals surface area contributed by atoms with Crippen molar-refractivity contribution in [2.75, 3.05) is 0 Å². The Labute approximate surface area is 112 Å². The van der Waals surface area contributed by atoms with Gasteiger partial charge in [-0.15, -0.1) is 10.2 Å². The molecule has 0 amide bonds. The van der Waals surface area contributed by atoms with Crippen LogP contribution in [0.3, 0.4) is 0 Å². The number of hydrogen-bond acceptors (Lipinski definition) is 4. The molecule has 20 heavy (non-hydrogen) atoms. The Morgan fingerprint density at radius 3 is 2.40 bits per heavy atom. The summed E-state index contributed by atoms with van der Waals surface area (Å²) in [6, 6.07) is 4.33. The second kappa shape index (κ2) is 4.56. The van der Waals surface area contributed by atoms with Gasteiger partial charge in [-0.3, -0.25) is 4.57 Å². The fourth-order valence-electron chi connectivity index (χ4n) is 1.65. The Bertz CT molecular complexity index is 752. The van der Waals surface area contributed by atoms with Crippen LogP contribution in [0, 0.1) is 0 Å². The zero-order valence-corrected chi connectivity index (χ0v) is 10.9. The first-order chi connectivity index (χ1) is 9.10. The second-order valence-electron chi connectivity index (χ2n) is 3.99. The molecule has 10 heteroatoms. The average molecular weight is 306 g/mol. The molecule has 0 unspecified atom stereocenters. The third kappa shape index (κ3) is 2.65. The minimum Gasteiger partial charge on any atom is -0.300 e. The topological polar surface area (TPSA) is 90.9 Å². The molecule has 0 saturated heterocycles. The highest BCUT2D eigenvalue weighted by molar-refractivity contribution is 7.89. The van der Waals surface area contributed by atoms with Crippen molar-refractivity contribution in [2.45, 2.75) is 11.3 Å². The van der Waals surface area contributed by atoms with Crippen LogP contribution in [0.5, 0.6) is 0 Å².